The number of methoxy groups -OCH3 is 1. The van der Waals surface area contributed by atoms with E-state index in [0.717, 1.165) is 5.56 Å². The van der Waals surface area contributed by atoms with Gasteiger partial charge in [0.15, 0.2) is 18.7 Å². The van der Waals surface area contributed by atoms with Crippen LogP contribution in [-0.2, 0) is 33.2 Å². The monoisotopic (exact) mass is 364 g/mol. The van der Waals surface area contributed by atoms with E-state index in [4.69, 9.17) is 28.4 Å². The standard InChI is InChI=1S/C19H24O7/c1-4-10-22-19-17(24-12(2)20)16(21-3)15-14(25-19)11-23-18(26-15)13-8-6-5-7-9-13/h4-9,14-19H,1,10-11H2,2-3H3/t14-,15-,16+,17-,18?,19-/m1/s1. The van der Waals surface area contributed by atoms with Gasteiger partial charge in [0.25, 0.3) is 0 Å². The molecular weight excluding hydrogens is 340 g/mol. The molecule has 0 aromatic heterocycles. The van der Waals surface area contributed by atoms with Gasteiger partial charge >= 0.3 is 5.97 Å². The summed E-state index contributed by atoms with van der Waals surface area (Å²) in [6.07, 6.45) is -1.91. The van der Waals surface area contributed by atoms with Crippen molar-refractivity contribution in [3.63, 3.8) is 0 Å². The van der Waals surface area contributed by atoms with Crippen LogP contribution in [0.25, 0.3) is 0 Å². The maximum absolute atomic E-state index is 11.6. The zero-order valence-corrected chi connectivity index (χ0v) is 14.9. The Kier molecular flexibility index (Phi) is 6.39. The molecule has 26 heavy (non-hydrogen) atoms. The lowest BCUT2D eigenvalue weighted by Crippen LogP contribution is -2.63. The van der Waals surface area contributed by atoms with Crippen LogP contribution in [0.4, 0.5) is 0 Å². The Morgan fingerprint density at radius 1 is 1.27 bits per heavy atom. The third-order valence-electron chi connectivity index (χ3n) is 4.31. The van der Waals surface area contributed by atoms with E-state index in [1.165, 1.54) is 6.92 Å². The van der Waals surface area contributed by atoms with Gasteiger partial charge in [-0.05, 0) is 0 Å². The minimum Gasteiger partial charge on any atom is -0.454 e. The number of fused-ring (bicyclic) bond motifs is 1. The van der Waals surface area contributed by atoms with Crippen molar-refractivity contribution in [1.29, 1.82) is 0 Å². The molecule has 0 aliphatic carbocycles. The highest BCUT2D eigenvalue weighted by atomic mass is 16.8. The van der Waals surface area contributed by atoms with Gasteiger partial charge in [0, 0.05) is 19.6 Å². The molecule has 0 N–H and O–H groups in total. The molecule has 7 nitrogen and oxygen atoms in total. The lowest BCUT2D eigenvalue weighted by Gasteiger charge is -2.48. The molecule has 0 spiro atoms. The molecule has 0 saturated carbocycles. The van der Waals surface area contributed by atoms with Gasteiger partial charge in [0.1, 0.15) is 18.3 Å². The first-order valence-electron chi connectivity index (χ1n) is 8.54. The Bertz CT molecular complexity index is 605. The van der Waals surface area contributed by atoms with Gasteiger partial charge in [-0.1, -0.05) is 36.4 Å². The van der Waals surface area contributed by atoms with E-state index in [1.807, 2.05) is 30.3 Å². The average molecular weight is 364 g/mol. The third kappa shape index (κ3) is 4.13. The van der Waals surface area contributed by atoms with Crippen molar-refractivity contribution in [2.75, 3.05) is 20.3 Å². The number of carbonyl (C=O) groups is 1. The van der Waals surface area contributed by atoms with Gasteiger partial charge in [0.2, 0.25) is 0 Å². The molecule has 2 aliphatic heterocycles. The zero-order valence-electron chi connectivity index (χ0n) is 14.9. The molecule has 1 unspecified atom stereocenters. The van der Waals surface area contributed by atoms with Crippen LogP contribution in [0.15, 0.2) is 43.0 Å². The topological polar surface area (TPSA) is 72.5 Å². The second-order valence-electron chi connectivity index (χ2n) is 6.12. The van der Waals surface area contributed by atoms with Crippen LogP contribution in [0.3, 0.4) is 0 Å². The minimum atomic E-state index is -0.788. The highest BCUT2D eigenvalue weighted by molar-refractivity contribution is 5.66. The number of benzene rings is 1. The van der Waals surface area contributed by atoms with Crippen molar-refractivity contribution in [3.05, 3.63) is 48.6 Å². The summed E-state index contributed by atoms with van der Waals surface area (Å²) in [4.78, 5) is 11.6. The molecule has 7 heteroatoms. The van der Waals surface area contributed by atoms with E-state index in [1.54, 1.807) is 13.2 Å². The SMILES string of the molecule is C=CCO[C@@H]1O[C@@H]2COC(c3ccccc3)O[C@H]2[C@H](OC)[C@H]1OC(C)=O. The molecule has 2 aliphatic rings. The minimum absolute atomic E-state index is 0.255. The molecule has 1 aromatic carbocycles. The van der Waals surface area contributed by atoms with E-state index in [2.05, 4.69) is 6.58 Å². The lowest BCUT2D eigenvalue weighted by molar-refractivity contribution is -0.363. The third-order valence-corrected chi connectivity index (χ3v) is 4.31. The second-order valence-corrected chi connectivity index (χ2v) is 6.12. The molecule has 6 atom stereocenters. The molecule has 0 radical (unpaired) electrons. The number of ether oxygens (including phenoxy) is 6. The van der Waals surface area contributed by atoms with Crippen molar-refractivity contribution in [3.8, 4) is 0 Å². The Morgan fingerprint density at radius 2 is 2.04 bits per heavy atom. The lowest BCUT2D eigenvalue weighted by atomic mass is 9.97. The summed E-state index contributed by atoms with van der Waals surface area (Å²) in [5.41, 5.74) is 0.898. The summed E-state index contributed by atoms with van der Waals surface area (Å²) in [7, 11) is 1.55. The van der Waals surface area contributed by atoms with E-state index in [9.17, 15) is 4.79 Å². The summed E-state index contributed by atoms with van der Waals surface area (Å²) < 4.78 is 34.5. The molecule has 1 aromatic rings. The van der Waals surface area contributed by atoms with Crippen molar-refractivity contribution in [2.45, 2.75) is 43.9 Å². The number of hydrogen-bond acceptors (Lipinski definition) is 7. The normalized spacial score (nSPS) is 33.9. The van der Waals surface area contributed by atoms with E-state index in [0.29, 0.717) is 6.61 Å². The Labute approximate surface area is 152 Å². The zero-order chi connectivity index (χ0) is 18.5. The maximum atomic E-state index is 11.6. The smallest absolute Gasteiger partial charge is 0.303 e. The van der Waals surface area contributed by atoms with E-state index < -0.39 is 43.0 Å². The first-order valence-corrected chi connectivity index (χ1v) is 8.54. The first kappa shape index (κ1) is 19.0. The summed E-state index contributed by atoms with van der Waals surface area (Å²) in [5.74, 6) is -0.446. The summed E-state index contributed by atoms with van der Waals surface area (Å²) in [5, 5.41) is 0. The summed E-state index contributed by atoms with van der Waals surface area (Å²) in [6.45, 7) is 5.53. The second kappa shape index (κ2) is 8.75. The largest absolute Gasteiger partial charge is 0.454 e. The van der Waals surface area contributed by atoms with Crippen LogP contribution in [0.1, 0.15) is 18.8 Å². The fourth-order valence-electron chi connectivity index (χ4n) is 3.21. The van der Waals surface area contributed by atoms with Crippen molar-refractivity contribution < 1.29 is 33.2 Å². The van der Waals surface area contributed by atoms with E-state index in [-0.39, 0.29) is 6.61 Å². The molecule has 2 fully saturated rings. The maximum Gasteiger partial charge on any atom is 0.303 e. The molecule has 142 valence electrons. The van der Waals surface area contributed by atoms with Crippen LogP contribution < -0.4 is 0 Å². The molecule has 0 amide bonds. The van der Waals surface area contributed by atoms with Gasteiger partial charge in [-0.3, -0.25) is 4.79 Å². The predicted octanol–water partition coefficient (Wildman–Crippen LogP) is 1.97. The number of carbonyl (C=O) groups excluding carboxylic acids is 1. The van der Waals surface area contributed by atoms with Crippen LogP contribution >= 0.6 is 0 Å². The summed E-state index contributed by atoms with van der Waals surface area (Å²) in [6, 6.07) is 9.61. The van der Waals surface area contributed by atoms with Crippen molar-refractivity contribution in [2.24, 2.45) is 0 Å². The molecule has 3 rings (SSSR count). The van der Waals surface area contributed by atoms with Crippen molar-refractivity contribution in [1.82, 2.24) is 0 Å². The van der Waals surface area contributed by atoms with Crippen LogP contribution in [0, 0.1) is 0 Å². The Morgan fingerprint density at radius 3 is 2.69 bits per heavy atom. The fourth-order valence-corrected chi connectivity index (χ4v) is 3.21. The highest BCUT2D eigenvalue weighted by Gasteiger charge is 2.52. The van der Waals surface area contributed by atoms with Crippen molar-refractivity contribution >= 4 is 5.97 Å². The number of hydrogen-bond donors (Lipinski definition) is 0. The molecule has 2 saturated heterocycles. The number of esters is 1. The number of rotatable bonds is 6. The average Bonchev–Trinajstić information content (AvgIpc) is 2.66. The fraction of sp³-hybridized carbons (Fsp3) is 0.526. The predicted molar refractivity (Wildman–Crippen MR) is 91.2 cm³/mol. The van der Waals surface area contributed by atoms with Gasteiger partial charge < -0.3 is 28.4 Å². The van der Waals surface area contributed by atoms with Crippen LogP contribution in [-0.4, -0.2) is 57.0 Å². The highest BCUT2D eigenvalue weighted by Crippen LogP contribution is 2.36. The Balaban J connectivity index is 1.80. The molecular formula is C19H24O7. The van der Waals surface area contributed by atoms with Gasteiger partial charge in [-0.15, -0.1) is 6.58 Å². The van der Waals surface area contributed by atoms with Crippen LogP contribution in [0.2, 0.25) is 0 Å². The van der Waals surface area contributed by atoms with Gasteiger partial charge in [0.05, 0.1) is 13.2 Å². The quantitative estimate of drug-likeness (QED) is 0.564. The van der Waals surface area contributed by atoms with Crippen LogP contribution in [0.5, 0.6) is 0 Å². The molecule has 2 heterocycles. The molecule has 0 bridgehead atoms. The first-order chi connectivity index (χ1) is 12.6. The summed E-state index contributed by atoms with van der Waals surface area (Å²) >= 11 is 0. The Hall–Kier alpha value is -1.77. The van der Waals surface area contributed by atoms with Gasteiger partial charge in [-0.2, -0.15) is 0 Å². The van der Waals surface area contributed by atoms with Gasteiger partial charge in [-0.25, -0.2) is 0 Å². The van der Waals surface area contributed by atoms with E-state index >= 15 is 0 Å².